The monoisotopic (exact) mass is 457 g/mol. The van der Waals surface area contributed by atoms with Gasteiger partial charge in [0.25, 0.3) is 0 Å². The molecule has 0 radical (unpaired) electrons. The summed E-state index contributed by atoms with van der Waals surface area (Å²) in [6, 6.07) is 6.45. The number of H-pyrrole nitrogens is 1. The number of carbonyl (C=O) groups is 1. The maximum absolute atomic E-state index is 11.6. The molecule has 7 heteroatoms. The number of aromatic amines is 1. The van der Waals surface area contributed by atoms with Crippen LogP contribution in [0.4, 0.5) is 0 Å². The highest BCUT2D eigenvalue weighted by Crippen LogP contribution is 2.19. The van der Waals surface area contributed by atoms with Crippen LogP contribution in [0.15, 0.2) is 29.4 Å². The Kier molecular flexibility index (Phi) is 8.74. The summed E-state index contributed by atoms with van der Waals surface area (Å²) in [6.07, 6.45) is 2.94. The Hall–Kier alpha value is -1.77. The highest BCUT2D eigenvalue weighted by atomic mass is 127. The summed E-state index contributed by atoms with van der Waals surface area (Å²) in [4.78, 5) is 20.8. The fourth-order valence-electron chi connectivity index (χ4n) is 2.45. The Bertz CT molecular complexity index is 723. The van der Waals surface area contributed by atoms with Crippen molar-refractivity contribution in [2.24, 2.45) is 4.99 Å². The van der Waals surface area contributed by atoms with Gasteiger partial charge in [0, 0.05) is 44.3 Å². The number of guanidine groups is 1. The van der Waals surface area contributed by atoms with Gasteiger partial charge < -0.3 is 20.5 Å². The second-order valence-electron chi connectivity index (χ2n) is 6.02. The third-order valence-corrected chi connectivity index (χ3v) is 3.83. The van der Waals surface area contributed by atoms with Crippen LogP contribution in [0.25, 0.3) is 10.9 Å². The number of rotatable bonds is 6. The molecular weight excluding hydrogens is 429 g/mol. The quantitative estimate of drug-likeness (QED) is 0.354. The highest BCUT2D eigenvalue weighted by Gasteiger charge is 2.06. The Labute approximate surface area is 166 Å². The highest BCUT2D eigenvalue weighted by molar-refractivity contribution is 14.0. The second-order valence-corrected chi connectivity index (χ2v) is 6.02. The van der Waals surface area contributed by atoms with Crippen LogP contribution in [0.5, 0.6) is 0 Å². The van der Waals surface area contributed by atoms with Gasteiger partial charge >= 0.3 is 0 Å². The van der Waals surface area contributed by atoms with Crippen LogP contribution in [-0.4, -0.2) is 55.5 Å². The third-order valence-electron chi connectivity index (χ3n) is 3.83. The number of carbonyl (C=O) groups excluding carboxylic acids is 1. The predicted molar refractivity (Wildman–Crippen MR) is 115 cm³/mol. The zero-order chi connectivity index (χ0) is 17.5. The molecule has 1 aromatic heterocycles. The molecule has 0 fully saturated rings. The third kappa shape index (κ3) is 6.22. The molecule has 1 aromatic carbocycles. The van der Waals surface area contributed by atoms with Crippen LogP contribution in [0.3, 0.4) is 0 Å². The van der Waals surface area contributed by atoms with Crippen LogP contribution < -0.4 is 10.6 Å². The molecule has 0 spiro atoms. The summed E-state index contributed by atoms with van der Waals surface area (Å²) in [7, 11) is 3.47. The van der Waals surface area contributed by atoms with Gasteiger partial charge in [-0.15, -0.1) is 24.0 Å². The van der Waals surface area contributed by atoms with Gasteiger partial charge in [-0.2, -0.15) is 0 Å². The first kappa shape index (κ1) is 21.3. The summed E-state index contributed by atoms with van der Waals surface area (Å²) in [5, 5.41) is 7.70. The van der Waals surface area contributed by atoms with Gasteiger partial charge in [-0.3, -0.25) is 4.79 Å². The number of aryl methyl sites for hydroxylation is 1. The van der Waals surface area contributed by atoms with E-state index < -0.39 is 0 Å². The molecule has 0 atom stereocenters. The van der Waals surface area contributed by atoms with Crippen molar-refractivity contribution in [3.63, 3.8) is 0 Å². The lowest BCUT2D eigenvalue weighted by Crippen LogP contribution is -2.39. The first-order valence-corrected chi connectivity index (χ1v) is 8.30. The molecule has 6 nitrogen and oxygen atoms in total. The average molecular weight is 457 g/mol. The lowest BCUT2D eigenvalue weighted by Gasteiger charge is -2.12. The zero-order valence-corrected chi connectivity index (χ0v) is 17.7. The Morgan fingerprint density at radius 3 is 2.72 bits per heavy atom. The fraction of sp³-hybridized carbons (Fsp3) is 0.444. The van der Waals surface area contributed by atoms with Crippen LogP contribution in [0, 0.1) is 6.92 Å². The molecule has 0 saturated heterocycles. The molecular formula is C18H28IN5O. The number of aromatic nitrogens is 1. The maximum atomic E-state index is 11.6. The molecule has 0 saturated carbocycles. The molecule has 2 rings (SSSR count). The number of aliphatic imine (C=N–C) groups is 1. The van der Waals surface area contributed by atoms with E-state index >= 15 is 0 Å². The second kappa shape index (κ2) is 10.3. The molecule has 138 valence electrons. The van der Waals surface area contributed by atoms with E-state index in [4.69, 9.17) is 0 Å². The minimum Gasteiger partial charge on any atom is -0.361 e. The van der Waals surface area contributed by atoms with E-state index in [0.717, 1.165) is 19.5 Å². The summed E-state index contributed by atoms with van der Waals surface area (Å²) in [5.74, 6) is 0.655. The molecule has 2 aromatic rings. The van der Waals surface area contributed by atoms with E-state index in [1.165, 1.54) is 22.0 Å². The molecule has 3 N–H and O–H groups in total. The van der Waals surface area contributed by atoms with E-state index in [0.29, 0.717) is 5.96 Å². The summed E-state index contributed by atoms with van der Waals surface area (Å²) < 4.78 is 0. The summed E-state index contributed by atoms with van der Waals surface area (Å²) >= 11 is 0. The first-order chi connectivity index (χ1) is 11.5. The number of benzene rings is 1. The number of nitrogens with zero attached hydrogens (tertiary/aromatic N) is 2. The van der Waals surface area contributed by atoms with Gasteiger partial charge in [-0.1, -0.05) is 12.1 Å². The van der Waals surface area contributed by atoms with Crippen LogP contribution in [0.2, 0.25) is 0 Å². The number of hydrogen-bond donors (Lipinski definition) is 3. The Morgan fingerprint density at radius 1 is 1.28 bits per heavy atom. The first-order valence-electron chi connectivity index (χ1n) is 8.30. The summed E-state index contributed by atoms with van der Waals surface area (Å²) in [5.41, 5.74) is 3.70. The molecule has 0 aliphatic heterocycles. The predicted octanol–water partition coefficient (Wildman–Crippen LogP) is 2.28. The van der Waals surface area contributed by atoms with E-state index in [1.807, 2.05) is 6.92 Å². The van der Waals surface area contributed by atoms with Crippen molar-refractivity contribution in [3.05, 3.63) is 35.5 Å². The lowest BCUT2D eigenvalue weighted by molar-refractivity contribution is -0.127. The number of likely N-dealkylation sites (N-methyl/N-ethyl adjacent to an activating group) is 1. The maximum Gasteiger partial charge on any atom is 0.243 e. The minimum atomic E-state index is -0.0146. The van der Waals surface area contributed by atoms with Crippen molar-refractivity contribution >= 4 is 46.7 Å². The largest absolute Gasteiger partial charge is 0.361 e. The average Bonchev–Trinajstić information content (AvgIpc) is 2.94. The van der Waals surface area contributed by atoms with Crippen molar-refractivity contribution in [1.29, 1.82) is 0 Å². The van der Waals surface area contributed by atoms with Gasteiger partial charge in [0.1, 0.15) is 6.54 Å². The minimum absolute atomic E-state index is 0. The SMILES string of the molecule is CCNC(=NCC(=O)N(C)C)NCCc1c[nH]c2cc(C)ccc12.I. The molecule has 0 bridgehead atoms. The van der Waals surface area contributed by atoms with Gasteiger partial charge in [0.2, 0.25) is 5.91 Å². The van der Waals surface area contributed by atoms with E-state index in [9.17, 15) is 4.79 Å². The van der Waals surface area contributed by atoms with Crippen molar-refractivity contribution in [3.8, 4) is 0 Å². The van der Waals surface area contributed by atoms with Crippen LogP contribution in [0.1, 0.15) is 18.1 Å². The molecule has 0 aliphatic rings. The van der Waals surface area contributed by atoms with Crippen LogP contribution >= 0.6 is 24.0 Å². The number of halogens is 1. The van der Waals surface area contributed by atoms with Crippen molar-refractivity contribution in [2.45, 2.75) is 20.3 Å². The van der Waals surface area contributed by atoms with E-state index in [-0.39, 0.29) is 36.4 Å². The Morgan fingerprint density at radius 2 is 2.04 bits per heavy atom. The molecule has 1 amide bonds. The van der Waals surface area contributed by atoms with Crippen LogP contribution in [-0.2, 0) is 11.2 Å². The van der Waals surface area contributed by atoms with Gasteiger partial charge in [-0.25, -0.2) is 4.99 Å². The van der Waals surface area contributed by atoms with Gasteiger partial charge in [-0.05, 0) is 37.5 Å². The van der Waals surface area contributed by atoms with E-state index in [1.54, 1.807) is 19.0 Å². The Balaban J connectivity index is 0.00000312. The zero-order valence-electron chi connectivity index (χ0n) is 15.3. The number of nitrogens with one attached hydrogen (secondary N) is 3. The normalized spacial score (nSPS) is 11.1. The topological polar surface area (TPSA) is 72.5 Å². The van der Waals surface area contributed by atoms with E-state index in [2.05, 4.69) is 51.9 Å². The molecule has 25 heavy (non-hydrogen) atoms. The lowest BCUT2D eigenvalue weighted by atomic mass is 10.1. The standard InChI is InChI=1S/C18H27N5O.HI/c1-5-19-18(22-12-17(24)23(3)4)20-9-8-14-11-21-16-10-13(2)6-7-15(14)16;/h6-7,10-11,21H,5,8-9,12H2,1-4H3,(H2,19,20,22);1H. The smallest absolute Gasteiger partial charge is 0.243 e. The number of fused-ring (bicyclic) bond motifs is 1. The van der Waals surface area contributed by atoms with Gasteiger partial charge in [0.05, 0.1) is 0 Å². The summed E-state index contributed by atoms with van der Waals surface area (Å²) in [6.45, 7) is 5.76. The van der Waals surface area contributed by atoms with Gasteiger partial charge in [0.15, 0.2) is 5.96 Å². The number of hydrogen-bond acceptors (Lipinski definition) is 2. The fourth-order valence-corrected chi connectivity index (χ4v) is 2.45. The number of amides is 1. The van der Waals surface area contributed by atoms with Crippen molar-refractivity contribution < 1.29 is 4.79 Å². The molecule has 0 aliphatic carbocycles. The molecule has 0 unspecified atom stereocenters. The molecule has 1 heterocycles. The van der Waals surface area contributed by atoms with Crippen molar-refractivity contribution in [2.75, 3.05) is 33.7 Å². The van der Waals surface area contributed by atoms with Crippen molar-refractivity contribution in [1.82, 2.24) is 20.5 Å².